The van der Waals surface area contributed by atoms with Gasteiger partial charge in [-0.3, -0.25) is 4.99 Å². The Morgan fingerprint density at radius 3 is 2.76 bits per heavy atom. The van der Waals surface area contributed by atoms with Gasteiger partial charge in [0.05, 0.1) is 12.4 Å². The third-order valence-electron chi connectivity index (χ3n) is 3.19. The number of ether oxygens (including phenoxy) is 1. The van der Waals surface area contributed by atoms with E-state index >= 15 is 0 Å². The molecule has 0 aliphatic carbocycles. The zero-order valence-corrected chi connectivity index (χ0v) is 12.4. The molecule has 2 heterocycles. The van der Waals surface area contributed by atoms with Crippen LogP contribution in [0.2, 0.25) is 0 Å². The van der Waals surface area contributed by atoms with E-state index in [0.29, 0.717) is 24.7 Å². The fourth-order valence-electron chi connectivity index (χ4n) is 2.20. The number of sulfonamides is 1. The van der Waals surface area contributed by atoms with Gasteiger partial charge in [0.1, 0.15) is 11.5 Å². The Morgan fingerprint density at radius 2 is 2.05 bits per heavy atom. The maximum atomic E-state index is 11.7. The van der Waals surface area contributed by atoms with E-state index in [2.05, 4.69) is 9.39 Å². The fraction of sp³-hybridized carbons (Fsp3) is 0.286. The van der Waals surface area contributed by atoms with Crippen molar-refractivity contribution in [2.24, 2.45) is 9.39 Å². The van der Waals surface area contributed by atoms with E-state index < -0.39 is 10.0 Å². The summed E-state index contributed by atoms with van der Waals surface area (Å²) in [5.41, 5.74) is 1.37. The molecule has 0 amide bonds. The molecule has 0 radical (unpaired) electrons. The largest absolute Gasteiger partial charge is 0.494 e. The van der Waals surface area contributed by atoms with Crippen LogP contribution in [-0.2, 0) is 10.0 Å². The van der Waals surface area contributed by atoms with Crippen molar-refractivity contribution in [3.05, 3.63) is 42.2 Å². The van der Waals surface area contributed by atoms with Crippen molar-refractivity contribution in [1.29, 1.82) is 0 Å². The van der Waals surface area contributed by atoms with Crippen molar-refractivity contribution in [2.75, 3.05) is 18.9 Å². The summed E-state index contributed by atoms with van der Waals surface area (Å²) in [6.45, 7) is 2.92. The Morgan fingerprint density at radius 1 is 1.29 bits per heavy atom. The third kappa shape index (κ3) is 2.82. The molecule has 110 valence electrons. The summed E-state index contributed by atoms with van der Waals surface area (Å²) in [5.74, 6) is 1.17. The standard InChI is InChI=1S/C14H15N3O3S/c1-2-20-12-5-3-11(4-6-12)13-14-16-21(18,19)10-9-17(14)8-7-15-13/h3-8H,2,9-10H2,1H3. The van der Waals surface area contributed by atoms with E-state index in [0.717, 1.165) is 11.3 Å². The second kappa shape index (κ2) is 5.33. The van der Waals surface area contributed by atoms with Crippen LogP contribution in [0.1, 0.15) is 12.5 Å². The van der Waals surface area contributed by atoms with E-state index in [1.54, 1.807) is 17.3 Å². The Hall–Kier alpha value is -2.15. The topological polar surface area (TPSA) is 71.3 Å². The van der Waals surface area contributed by atoms with E-state index in [1.807, 2.05) is 31.2 Å². The van der Waals surface area contributed by atoms with Crippen molar-refractivity contribution < 1.29 is 13.2 Å². The van der Waals surface area contributed by atoms with Gasteiger partial charge in [-0.2, -0.15) is 0 Å². The van der Waals surface area contributed by atoms with Crippen molar-refractivity contribution >= 4 is 21.6 Å². The molecular weight excluding hydrogens is 290 g/mol. The average Bonchev–Trinajstić information content (AvgIpc) is 2.47. The molecule has 0 spiro atoms. The highest BCUT2D eigenvalue weighted by molar-refractivity contribution is 7.90. The average molecular weight is 305 g/mol. The molecule has 0 N–H and O–H groups in total. The van der Waals surface area contributed by atoms with Crippen LogP contribution in [0.5, 0.6) is 5.75 Å². The minimum absolute atomic E-state index is 0.0252. The zero-order chi connectivity index (χ0) is 14.9. The number of nitrogens with zero attached hydrogens (tertiary/aromatic N) is 3. The molecule has 0 aromatic heterocycles. The fourth-order valence-corrected chi connectivity index (χ4v) is 3.17. The van der Waals surface area contributed by atoms with Crippen LogP contribution in [0.4, 0.5) is 0 Å². The monoisotopic (exact) mass is 305 g/mol. The van der Waals surface area contributed by atoms with E-state index in [-0.39, 0.29) is 5.75 Å². The Labute approximate surface area is 123 Å². The lowest BCUT2D eigenvalue weighted by Gasteiger charge is -2.28. The number of fused-ring (bicyclic) bond motifs is 1. The SMILES string of the molecule is CCOc1ccc(C2=NC=CN3CCS(=O)(=O)N=C23)cc1. The van der Waals surface area contributed by atoms with Gasteiger partial charge in [0.2, 0.25) is 0 Å². The minimum Gasteiger partial charge on any atom is -0.494 e. The summed E-state index contributed by atoms with van der Waals surface area (Å²) >= 11 is 0. The molecule has 0 fully saturated rings. The van der Waals surface area contributed by atoms with Crippen LogP contribution < -0.4 is 4.74 Å². The van der Waals surface area contributed by atoms with Crippen molar-refractivity contribution in [2.45, 2.75) is 6.92 Å². The van der Waals surface area contributed by atoms with E-state index in [9.17, 15) is 8.42 Å². The predicted molar refractivity (Wildman–Crippen MR) is 81.2 cm³/mol. The molecule has 0 saturated carbocycles. The van der Waals surface area contributed by atoms with Gasteiger partial charge < -0.3 is 9.64 Å². The van der Waals surface area contributed by atoms with Crippen molar-refractivity contribution in [3.8, 4) is 5.75 Å². The van der Waals surface area contributed by atoms with Gasteiger partial charge >= 0.3 is 0 Å². The Balaban J connectivity index is 1.98. The van der Waals surface area contributed by atoms with Crippen LogP contribution in [0.25, 0.3) is 0 Å². The lowest BCUT2D eigenvalue weighted by molar-refractivity contribution is 0.340. The summed E-state index contributed by atoms with van der Waals surface area (Å²) in [5, 5.41) is 0. The van der Waals surface area contributed by atoms with Gasteiger partial charge in [-0.1, -0.05) is 0 Å². The molecule has 3 rings (SSSR count). The number of amidine groups is 1. The molecule has 0 bridgehead atoms. The van der Waals surface area contributed by atoms with Gasteiger partial charge in [-0.15, -0.1) is 4.40 Å². The second-order valence-electron chi connectivity index (χ2n) is 4.63. The maximum absolute atomic E-state index is 11.7. The summed E-state index contributed by atoms with van der Waals surface area (Å²) < 4.78 is 32.7. The quantitative estimate of drug-likeness (QED) is 0.846. The molecule has 1 aromatic rings. The first kappa shape index (κ1) is 13.8. The third-order valence-corrected chi connectivity index (χ3v) is 4.34. The van der Waals surface area contributed by atoms with Gasteiger partial charge in [0.15, 0.2) is 5.84 Å². The highest BCUT2D eigenvalue weighted by Crippen LogP contribution is 2.19. The number of rotatable bonds is 3. The molecule has 1 aromatic carbocycles. The summed E-state index contributed by atoms with van der Waals surface area (Å²) in [6, 6.07) is 7.37. The van der Waals surface area contributed by atoms with E-state index in [4.69, 9.17) is 4.74 Å². The zero-order valence-electron chi connectivity index (χ0n) is 11.6. The van der Waals surface area contributed by atoms with Crippen molar-refractivity contribution in [1.82, 2.24) is 4.90 Å². The first-order valence-electron chi connectivity index (χ1n) is 6.66. The molecule has 21 heavy (non-hydrogen) atoms. The second-order valence-corrected chi connectivity index (χ2v) is 6.38. The first-order valence-corrected chi connectivity index (χ1v) is 8.27. The predicted octanol–water partition coefficient (Wildman–Crippen LogP) is 1.40. The molecule has 7 heteroatoms. The van der Waals surface area contributed by atoms with Crippen LogP contribution in [-0.4, -0.2) is 43.8 Å². The van der Waals surface area contributed by atoms with Gasteiger partial charge in [-0.25, -0.2) is 8.42 Å². The van der Waals surface area contributed by atoms with Crippen LogP contribution in [0.15, 0.2) is 46.1 Å². The summed E-state index contributed by atoms with van der Waals surface area (Å²) in [4.78, 5) is 6.09. The molecule has 6 nitrogen and oxygen atoms in total. The first-order chi connectivity index (χ1) is 10.1. The number of hydrogen-bond donors (Lipinski definition) is 0. The molecule has 0 atom stereocenters. The number of aliphatic imine (C=N–C) groups is 1. The lowest BCUT2D eigenvalue weighted by atomic mass is 10.1. The van der Waals surface area contributed by atoms with Gasteiger partial charge in [-0.05, 0) is 31.2 Å². The molecule has 0 unspecified atom stereocenters. The Bertz CT molecular complexity index is 733. The highest BCUT2D eigenvalue weighted by atomic mass is 32.2. The molecular formula is C14H15N3O3S. The summed E-state index contributed by atoms with van der Waals surface area (Å²) in [6.07, 6.45) is 3.40. The molecule has 2 aliphatic heterocycles. The highest BCUT2D eigenvalue weighted by Gasteiger charge is 2.28. The molecule has 2 aliphatic rings. The van der Waals surface area contributed by atoms with Gasteiger partial charge in [0.25, 0.3) is 10.0 Å². The molecule has 0 saturated heterocycles. The van der Waals surface area contributed by atoms with E-state index in [1.165, 1.54) is 0 Å². The van der Waals surface area contributed by atoms with Crippen LogP contribution >= 0.6 is 0 Å². The van der Waals surface area contributed by atoms with Crippen LogP contribution in [0.3, 0.4) is 0 Å². The van der Waals surface area contributed by atoms with Crippen molar-refractivity contribution in [3.63, 3.8) is 0 Å². The van der Waals surface area contributed by atoms with Gasteiger partial charge in [0, 0.05) is 24.5 Å². The Kier molecular flexibility index (Phi) is 3.50. The number of benzene rings is 1. The van der Waals surface area contributed by atoms with Crippen LogP contribution in [0, 0.1) is 0 Å². The summed E-state index contributed by atoms with van der Waals surface area (Å²) in [7, 11) is -3.40. The lowest BCUT2D eigenvalue weighted by Crippen LogP contribution is -2.42. The number of hydrogen-bond acceptors (Lipinski definition) is 5. The minimum atomic E-state index is -3.40. The smallest absolute Gasteiger partial charge is 0.256 e. The maximum Gasteiger partial charge on any atom is 0.256 e. The normalized spacial score (nSPS) is 19.6.